The van der Waals surface area contributed by atoms with E-state index in [0.717, 1.165) is 23.2 Å². The molecule has 26 heavy (non-hydrogen) atoms. The Labute approximate surface area is 151 Å². The van der Waals surface area contributed by atoms with Crippen molar-refractivity contribution in [2.24, 2.45) is 5.92 Å². The van der Waals surface area contributed by atoms with Crippen LogP contribution in [-0.4, -0.2) is 17.1 Å². The van der Waals surface area contributed by atoms with Crippen molar-refractivity contribution in [2.75, 3.05) is 12.4 Å². The van der Waals surface area contributed by atoms with Crippen molar-refractivity contribution >= 4 is 11.4 Å². The van der Waals surface area contributed by atoms with E-state index in [-0.39, 0.29) is 28.3 Å². The number of nitrogens with zero attached hydrogens (tertiary/aromatic N) is 1. The third-order valence-electron chi connectivity index (χ3n) is 5.53. The minimum Gasteiger partial charge on any atom is -0.504 e. The number of aromatic hydroxyl groups is 1. The molecule has 3 unspecified atom stereocenters. The minimum absolute atomic E-state index is 0.0160. The molecule has 0 amide bonds. The molecule has 4 rings (SSSR count). The molecule has 0 fully saturated rings. The highest BCUT2D eigenvalue weighted by atomic mass is 16.6. The molecule has 3 atom stereocenters. The van der Waals surface area contributed by atoms with E-state index in [2.05, 4.69) is 17.5 Å². The fraction of sp³-hybridized carbons (Fsp3) is 0.300. The number of ether oxygens (including phenoxy) is 1. The van der Waals surface area contributed by atoms with Crippen molar-refractivity contribution in [3.05, 3.63) is 69.3 Å². The molecule has 6 nitrogen and oxygen atoms in total. The van der Waals surface area contributed by atoms with Gasteiger partial charge in [0, 0.05) is 17.7 Å². The predicted molar refractivity (Wildman–Crippen MR) is 98.8 cm³/mol. The Morgan fingerprint density at radius 3 is 2.85 bits per heavy atom. The molecule has 2 aliphatic rings. The molecule has 0 aromatic heterocycles. The molecule has 1 heterocycles. The smallest absolute Gasteiger partial charge is 0.274 e. The summed E-state index contributed by atoms with van der Waals surface area (Å²) in [5, 5.41) is 24.8. The van der Waals surface area contributed by atoms with Gasteiger partial charge in [-0.3, -0.25) is 10.1 Å². The Morgan fingerprint density at radius 1 is 1.31 bits per heavy atom. The predicted octanol–water partition coefficient (Wildman–Crippen LogP) is 4.44. The van der Waals surface area contributed by atoms with E-state index in [9.17, 15) is 15.2 Å². The number of benzene rings is 2. The molecule has 2 aromatic carbocycles. The number of anilines is 1. The van der Waals surface area contributed by atoms with E-state index < -0.39 is 0 Å². The largest absolute Gasteiger partial charge is 0.504 e. The summed E-state index contributed by atoms with van der Waals surface area (Å²) in [6.07, 6.45) is 5.30. The number of nitrogens with one attached hydrogen (secondary N) is 1. The van der Waals surface area contributed by atoms with Crippen LogP contribution in [0.4, 0.5) is 11.4 Å². The first-order chi connectivity index (χ1) is 12.5. The van der Waals surface area contributed by atoms with Crippen molar-refractivity contribution in [1.29, 1.82) is 0 Å². The van der Waals surface area contributed by atoms with Crippen LogP contribution in [0.3, 0.4) is 0 Å². The number of hydrogen-bond acceptors (Lipinski definition) is 5. The summed E-state index contributed by atoms with van der Waals surface area (Å²) in [6.45, 7) is 1.79. The van der Waals surface area contributed by atoms with E-state index in [0.29, 0.717) is 17.2 Å². The van der Waals surface area contributed by atoms with Crippen molar-refractivity contribution in [3.63, 3.8) is 0 Å². The lowest BCUT2D eigenvalue weighted by molar-refractivity contribution is -0.385. The molecule has 1 aliphatic heterocycles. The maximum atomic E-state index is 11.3. The Balaban J connectivity index is 1.83. The average Bonchev–Trinajstić information content (AvgIpc) is 3.11. The number of nitro groups is 1. The first kappa shape index (κ1) is 16.4. The fourth-order valence-corrected chi connectivity index (χ4v) is 4.22. The van der Waals surface area contributed by atoms with Gasteiger partial charge in [-0.25, -0.2) is 0 Å². The van der Waals surface area contributed by atoms with Crippen LogP contribution >= 0.6 is 0 Å². The molecule has 1 aliphatic carbocycles. The van der Waals surface area contributed by atoms with Crippen molar-refractivity contribution in [2.45, 2.75) is 25.3 Å². The normalized spacial score (nSPS) is 23.1. The number of allylic oxidation sites excluding steroid dienone is 2. The summed E-state index contributed by atoms with van der Waals surface area (Å²) in [5.74, 6) is 1.06. The van der Waals surface area contributed by atoms with Gasteiger partial charge in [-0.05, 0) is 48.6 Å². The van der Waals surface area contributed by atoms with Gasteiger partial charge in [-0.15, -0.1) is 0 Å². The second-order valence-corrected chi connectivity index (χ2v) is 6.84. The lowest BCUT2D eigenvalue weighted by atomic mass is 9.76. The first-order valence-corrected chi connectivity index (χ1v) is 8.59. The summed E-state index contributed by atoms with van der Waals surface area (Å²) < 4.78 is 5.25. The van der Waals surface area contributed by atoms with Crippen LogP contribution in [-0.2, 0) is 0 Å². The quantitative estimate of drug-likeness (QED) is 0.484. The number of rotatable bonds is 3. The maximum absolute atomic E-state index is 11.3. The second kappa shape index (κ2) is 6.05. The van der Waals surface area contributed by atoms with Gasteiger partial charge in [0.2, 0.25) is 0 Å². The van der Waals surface area contributed by atoms with Crippen LogP contribution < -0.4 is 10.1 Å². The second-order valence-electron chi connectivity index (χ2n) is 6.84. The Kier molecular flexibility index (Phi) is 3.83. The number of phenolic OH excluding ortho intramolecular Hbond substituents is 1. The topological polar surface area (TPSA) is 84.6 Å². The average molecular weight is 352 g/mol. The highest BCUT2D eigenvalue weighted by molar-refractivity contribution is 5.69. The molecule has 2 aromatic rings. The Morgan fingerprint density at radius 2 is 2.12 bits per heavy atom. The van der Waals surface area contributed by atoms with E-state index in [1.807, 2.05) is 18.2 Å². The first-order valence-electron chi connectivity index (χ1n) is 8.59. The molecule has 2 N–H and O–H groups in total. The van der Waals surface area contributed by atoms with Crippen molar-refractivity contribution < 1.29 is 14.8 Å². The van der Waals surface area contributed by atoms with Crippen molar-refractivity contribution in [3.8, 4) is 11.5 Å². The van der Waals surface area contributed by atoms with Crippen LogP contribution in [0.5, 0.6) is 11.5 Å². The molecule has 0 radical (unpaired) electrons. The highest BCUT2D eigenvalue weighted by Crippen LogP contribution is 2.52. The fourth-order valence-electron chi connectivity index (χ4n) is 4.22. The zero-order chi connectivity index (χ0) is 18.4. The van der Waals surface area contributed by atoms with Gasteiger partial charge < -0.3 is 15.2 Å². The number of hydrogen-bond donors (Lipinski definition) is 2. The third-order valence-corrected chi connectivity index (χ3v) is 5.53. The molecule has 134 valence electrons. The molecule has 0 saturated carbocycles. The standard InChI is InChI=1S/C20H20N2O4/c1-11-16(22(24)25)8-7-15-13-4-3-5-14(13)20(21-19(11)15)12-6-9-17(23)18(10-12)26-2/h3-4,6-10,13-14,20-21,23H,5H2,1-2H3. The van der Waals surface area contributed by atoms with Gasteiger partial charge in [0.1, 0.15) is 0 Å². The van der Waals surface area contributed by atoms with Crippen LogP contribution in [0, 0.1) is 23.0 Å². The lowest BCUT2D eigenvalue weighted by Gasteiger charge is -2.38. The van der Waals surface area contributed by atoms with E-state index >= 15 is 0 Å². The van der Waals surface area contributed by atoms with Gasteiger partial charge >= 0.3 is 0 Å². The maximum Gasteiger partial charge on any atom is 0.274 e. The molecule has 0 saturated heterocycles. The van der Waals surface area contributed by atoms with Gasteiger partial charge in [0.05, 0.1) is 23.6 Å². The minimum atomic E-state index is -0.341. The molecular formula is C20H20N2O4. The van der Waals surface area contributed by atoms with Crippen LogP contribution in [0.15, 0.2) is 42.5 Å². The number of phenols is 1. The third kappa shape index (κ3) is 2.41. The van der Waals surface area contributed by atoms with Gasteiger partial charge in [0.15, 0.2) is 11.5 Å². The zero-order valence-corrected chi connectivity index (χ0v) is 14.6. The zero-order valence-electron chi connectivity index (χ0n) is 14.6. The monoisotopic (exact) mass is 352 g/mol. The Bertz CT molecular complexity index is 922. The summed E-state index contributed by atoms with van der Waals surface area (Å²) >= 11 is 0. The summed E-state index contributed by atoms with van der Waals surface area (Å²) in [7, 11) is 1.52. The number of methoxy groups -OCH3 is 1. The van der Waals surface area contributed by atoms with Gasteiger partial charge in [-0.1, -0.05) is 18.2 Å². The molecule has 0 spiro atoms. The molecule has 0 bridgehead atoms. The van der Waals surface area contributed by atoms with E-state index in [1.54, 1.807) is 19.1 Å². The summed E-state index contributed by atoms with van der Waals surface area (Å²) in [5.41, 5.74) is 3.72. The number of nitro benzene ring substituents is 1. The number of fused-ring (bicyclic) bond motifs is 3. The Hall–Kier alpha value is -3.02. The van der Waals surface area contributed by atoms with Crippen LogP contribution in [0.25, 0.3) is 0 Å². The van der Waals surface area contributed by atoms with Crippen LogP contribution in [0.2, 0.25) is 0 Å². The van der Waals surface area contributed by atoms with Crippen molar-refractivity contribution in [1.82, 2.24) is 0 Å². The van der Waals surface area contributed by atoms with E-state index in [4.69, 9.17) is 4.74 Å². The highest BCUT2D eigenvalue weighted by Gasteiger charge is 2.39. The molecule has 6 heteroatoms. The van der Waals surface area contributed by atoms with Crippen LogP contribution in [0.1, 0.15) is 35.1 Å². The lowest BCUT2D eigenvalue weighted by Crippen LogP contribution is -2.29. The van der Waals surface area contributed by atoms with E-state index in [1.165, 1.54) is 7.11 Å². The van der Waals surface area contributed by atoms with Gasteiger partial charge in [-0.2, -0.15) is 0 Å². The SMILES string of the molecule is COc1cc(C2Nc3c(ccc([N+](=O)[O-])c3C)C3C=CCC32)ccc1O. The summed E-state index contributed by atoms with van der Waals surface area (Å²) in [4.78, 5) is 11.0. The van der Waals surface area contributed by atoms with Gasteiger partial charge in [0.25, 0.3) is 5.69 Å². The molecular weight excluding hydrogens is 332 g/mol. The summed E-state index contributed by atoms with van der Waals surface area (Å²) in [6, 6.07) is 8.79.